The molecule has 6 heteroatoms. The summed E-state index contributed by atoms with van der Waals surface area (Å²) in [4.78, 5) is 25.0. The van der Waals surface area contributed by atoms with Crippen molar-refractivity contribution < 1.29 is 19.1 Å². The molecule has 0 atom stereocenters. The molecule has 0 amide bonds. The van der Waals surface area contributed by atoms with Crippen LogP contribution in [0.25, 0.3) is 0 Å². The minimum atomic E-state index is 0.0367. The fraction of sp³-hybridized carbons (Fsp3) is 0.286. The molecule has 3 aromatic rings. The maximum atomic E-state index is 12.5. The Bertz CT molecular complexity index is 959. The number of ketones is 2. The van der Waals surface area contributed by atoms with Gasteiger partial charge < -0.3 is 20.1 Å². The third-order valence-electron chi connectivity index (χ3n) is 5.22. The molecule has 2 N–H and O–H groups in total. The van der Waals surface area contributed by atoms with Crippen LogP contribution in [0.4, 0.5) is 11.4 Å². The molecule has 0 bridgehead atoms. The van der Waals surface area contributed by atoms with Crippen LogP contribution in [0.2, 0.25) is 0 Å². The first kappa shape index (κ1) is 24.8. The van der Waals surface area contributed by atoms with Crippen molar-refractivity contribution in [1.29, 1.82) is 0 Å². The summed E-state index contributed by atoms with van der Waals surface area (Å²) in [5, 5.41) is 6.49. The van der Waals surface area contributed by atoms with Crippen LogP contribution in [-0.4, -0.2) is 37.9 Å². The monoisotopic (exact) mass is 460 g/mol. The molecule has 0 unspecified atom stereocenters. The summed E-state index contributed by atoms with van der Waals surface area (Å²) >= 11 is 0. The van der Waals surface area contributed by atoms with E-state index in [1.165, 1.54) is 0 Å². The van der Waals surface area contributed by atoms with Crippen molar-refractivity contribution >= 4 is 22.9 Å². The second kappa shape index (κ2) is 13.0. The number of Topliss-reactive ketones (excluding diaryl/α,β-unsaturated/α-hetero) is 2. The van der Waals surface area contributed by atoms with Gasteiger partial charge in [0, 0.05) is 48.4 Å². The Hall–Kier alpha value is -3.80. The molecule has 0 aromatic heterocycles. The Balaban J connectivity index is 1.40. The molecule has 0 radical (unpaired) electrons. The van der Waals surface area contributed by atoms with Crippen LogP contribution in [0.5, 0.6) is 11.5 Å². The highest BCUT2D eigenvalue weighted by atomic mass is 16.5. The molecule has 3 rings (SSSR count). The van der Waals surface area contributed by atoms with Gasteiger partial charge in [-0.05, 0) is 62.4 Å². The number of anilines is 2. The first-order chi connectivity index (χ1) is 16.6. The van der Waals surface area contributed by atoms with Gasteiger partial charge in [-0.1, -0.05) is 24.3 Å². The van der Waals surface area contributed by atoms with Crippen LogP contribution in [0.3, 0.4) is 0 Å². The fourth-order valence-corrected chi connectivity index (χ4v) is 3.44. The second-order valence-electron chi connectivity index (χ2n) is 7.69. The number of benzene rings is 3. The van der Waals surface area contributed by atoms with Gasteiger partial charge in [-0.2, -0.15) is 0 Å². The average molecular weight is 461 g/mol. The Kier molecular flexibility index (Phi) is 9.52. The van der Waals surface area contributed by atoms with Crippen molar-refractivity contribution in [1.82, 2.24) is 0 Å². The highest BCUT2D eigenvalue weighted by Gasteiger charge is 2.09. The largest absolute Gasteiger partial charge is 0.494 e. The van der Waals surface area contributed by atoms with Gasteiger partial charge in [0.1, 0.15) is 11.5 Å². The van der Waals surface area contributed by atoms with Crippen LogP contribution in [0.1, 0.15) is 47.4 Å². The number of ether oxygens (including phenoxy) is 2. The molecule has 0 saturated heterocycles. The summed E-state index contributed by atoms with van der Waals surface area (Å²) in [5.41, 5.74) is 3.10. The Morgan fingerprint density at radius 2 is 0.941 bits per heavy atom. The van der Waals surface area contributed by atoms with Gasteiger partial charge in [0.15, 0.2) is 11.6 Å². The van der Waals surface area contributed by atoms with E-state index in [0.717, 1.165) is 22.9 Å². The third kappa shape index (κ3) is 7.66. The average Bonchev–Trinajstić information content (AvgIpc) is 2.86. The van der Waals surface area contributed by atoms with E-state index < -0.39 is 0 Å². The summed E-state index contributed by atoms with van der Waals surface area (Å²) in [7, 11) is 0. The Labute approximate surface area is 201 Å². The smallest absolute Gasteiger partial charge is 0.164 e. The molecule has 3 aromatic carbocycles. The zero-order valence-corrected chi connectivity index (χ0v) is 19.8. The summed E-state index contributed by atoms with van der Waals surface area (Å²) in [6.07, 6.45) is 0.735. The van der Waals surface area contributed by atoms with E-state index >= 15 is 0 Å². The topological polar surface area (TPSA) is 76.7 Å². The molecule has 0 spiro atoms. The highest BCUT2D eigenvalue weighted by Crippen LogP contribution is 2.17. The molecule has 0 aliphatic rings. The maximum Gasteiger partial charge on any atom is 0.164 e. The number of rotatable bonds is 14. The summed E-state index contributed by atoms with van der Waals surface area (Å²) < 4.78 is 10.9. The molecule has 34 heavy (non-hydrogen) atoms. The molecule has 0 aliphatic heterocycles. The Morgan fingerprint density at radius 1 is 0.588 bits per heavy atom. The lowest BCUT2D eigenvalue weighted by Crippen LogP contribution is -2.10. The summed E-state index contributed by atoms with van der Waals surface area (Å²) in [6.45, 7) is 6.22. The van der Waals surface area contributed by atoms with Crippen LogP contribution >= 0.6 is 0 Å². The van der Waals surface area contributed by atoms with Crippen molar-refractivity contribution in [3.8, 4) is 11.5 Å². The molecule has 178 valence electrons. The Morgan fingerprint density at radius 3 is 1.26 bits per heavy atom. The number of carbonyl (C=O) groups excluding carboxylic acids is 2. The van der Waals surface area contributed by atoms with E-state index in [2.05, 4.69) is 10.6 Å². The number of hydrogen-bond acceptors (Lipinski definition) is 6. The first-order valence-electron chi connectivity index (χ1n) is 11.7. The van der Waals surface area contributed by atoms with Gasteiger partial charge >= 0.3 is 0 Å². The normalized spacial score (nSPS) is 10.4. The van der Waals surface area contributed by atoms with Crippen molar-refractivity contribution in [2.24, 2.45) is 0 Å². The summed E-state index contributed by atoms with van der Waals surface area (Å²) in [6, 6.07) is 22.2. The predicted molar refractivity (Wildman–Crippen MR) is 137 cm³/mol. The third-order valence-corrected chi connectivity index (χ3v) is 5.22. The fourth-order valence-electron chi connectivity index (χ4n) is 3.44. The predicted octanol–water partition coefficient (Wildman–Crippen LogP) is 5.85. The second-order valence-corrected chi connectivity index (χ2v) is 7.69. The SMILES string of the molecule is CCOc1ccc(NCCC(=O)c2ccc(C(=O)CCNc3ccc(OCC)cc3)cc2)cc1. The van der Waals surface area contributed by atoms with Crippen molar-refractivity contribution in [3.05, 3.63) is 83.9 Å². The van der Waals surface area contributed by atoms with E-state index in [9.17, 15) is 9.59 Å². The molecular formula is C28H32N2O4. The summed E-state index contributed by atoms with van der Waals surface area (Å²) in [5.74, 6) is 1.72. The number of nitrogens with one attached hydrogen (secondary N) is 2. The molecule has 0 saturated carbocycles. The van der Waals surface area contributed by atoms with Crippen LogP contribution in [0.15, 0.2) is 72.8 Å². The van der Waals surface area contributed by atoms with Crippen LogP contribution < -0.4 is 20.1 Å². The maximum absolute atomic E-state index is 12.5. The van der Waals surface area contributed by atoms with Gasteiger partial charge in [0.2, 0.25) is 0 Å². The number of carbonyl (C=O) groups is 2. The quantitative estimate of drug-likeness (QED) is 0.294. The molecular weight excluding hydrogens is 428 g/mol. The lowest BCUT2D eigenvalue weighted by Gasteiger charge is -2.09. The number of hydrogen-bond donors (Lipinski definition) is 2. The van der Waals surface area contributed by atoms with E-state index in [4.69, 9.17) is 9.47 Å². The van der Waals surface area contributed by atoms with E-state index in [1.807, 2.05) is 62.4 Å². The van der Waals surface area contributed by atoms with E-state index in [1.54, 1.807) is 24.3 Å². The molecule has 0 fully saturated rings. The van der Waals surface area contributed by atoms with Gasteiger partial charge in [-0.25, -0.2) is 0 Å². The van der Waals surface area contributed by atoms with Gasteiger partial charge in [-0.3, -0.25) is 9.59 Å². The zero-order chi connectivity index (χ0) is 24.2. The van der Waals surface area contributed by atoms with Crippen molar-refractivity contribution in [2.45, 2.75) is 26.7 Å². The minimum absolute atomic E-state index is 0.0367. The molecule has 6 nitrogen and oxygen atoms in total. The molecule has 0 aliphatic carbocycles. The van der Waals surface area contributed by atoms with E-state index in [-0.39, 0.29) is 11.6 Å². The van der Waals surface area contributed by atoms with Gasteiger partial charge in [0.25, 0.3) is 0 Å². The van der Waals surface area contributed by atoms with Crippen LogP contribution in [0, 0.1) is 0 Å². The van der Waals surface area contributed by atoms with Crippen LogP contribution in [-0.2, 0) is 0 Å². The first-order valence-corrected chi connectivity index (χ1v) is 11.7. The van der Waals surface area contributed by atoms with Crippen molar-refractivity contribution in [3.63, 3.8) is 0 Å². The van der Waals surface area contributed by atoms with Gasteiger partial charge in [-0.15, -0.1) is 0 Å². The lowest BCUT2D eigenvalue weighted by atomic mass is 10.0. The zero-order valence-electron chi connectivity index (χ0n) is 19.8. The lowest BCUT2D eigenvalue weighted by molar-refractivity contribution is 0.0975. The molecule has 0 heterocycles. The van der Waals surface area contributed by atoms with E-state index in [0.29, 0.717) is 50.3 Å². The highest BCUT2D eigenvalue weighted by molar-refractivity contribution is 5.99. The van der Waals surface area contributed by atoms with Gasteiger partial charge in [0.05, 0.1) is 13.2 Å². The van der Waals surface area contributed by atoms with Crippen molar-refractivity contribution in [2.75, 3.05) is 36.9 Å². The minimum Gasteiger partial charge on any atom is -0.494 e. The standard InChI is InChI=1S/C28H32N2O4/c1-3-33-25-13-9-23(10-14-25)29-19-17-27(31)21-5-7-22(8-6-21)28(32)18-20-30-24-11-15-26(16-12-24)34-4-2/h5-16,29-30H,3-4,17-20H2,1-2H3.